The lowest BCUT2D eigenvalue weighted by atomic mass is 10.2. The minimum absolute atomic E-state index is 0.0447. The van der Waals surface area contributed by atoms with Gasteiger partial charge in [-0.3, -0.25) is 0 Å². The fourth-order valence-corrected chi connectivity index (χ4v) is 8.03. The largest absolute Gasteiger partial charge is 0.531 e. The number of benzene rings is 3. The van der Waals surface area contributed by atoms with E-state index in [0.717, 1.165) is 16.4 Å². The fraction of sp³-hybridized carbons (Fsp3) is 0.174. The summed E-state index contributed by atoms with van der Waals surface area (Å²) in [6.45, 7) is 6.20. The molecule has 150 valence electrons. The predicted molar refractivity (Wildman–Crippen MR) is 115 cm³/mol. The first kappa shape index (κ1) is 20.5. The molecule has 0 aliphatic heterocycles. The summed E-state index contributed by atoms with van der Waals surface area (Å²) in [5.74, 6) is -2.26. The molecule has 0 saturated carbocycles. The van der Waals surface area contributed by atoms with Crippen LogP contribution < -0.4 is 14.8 Å². The Hall–Kier alpha value is -3.25. The van der Waals surface area contributed by atoms with Gasteiger partial charge in [0, 0.05) is 0 Å². The molecule has 0 saturated heterocycles. The van der Waals surface area contributed by atoms with Crippen LogP contribution in [-0.4, -0.2) is 29.6 Å². The standard InChI is InChI=1S/C23H24O5Si/c1-23(2,3)29(17-10-6-4-7-11-17,18-12-8-5-9-13-18)28-20-15-16(22(26)27)14-19(24)21(20)25/h4-15,24-25H,1-3H3,(H,26,27). The third-order valence-corrected chi connectivity index (χ3v) is 9.91. The molecule has 3 aromatic carbocycles. The summed E-state index contributed by atoms with van der Waals surface area (Å²) in [7, 11) is -3.07. The molecule has 0 radical (unpaired) electrons. The second kappa shape index (κ2) is 7.64. The molecule has 0 heterocycles. The highest BCUT2D eigenvalue weighted by Gasteiger charge is 2.52. The van der Waals surface area contributed by atoms with Gasteiger partial charge in [0.25, 0.3) is 0 Å². The number of hydrogen-bond donors (Lipinski definition) is 3. The van der Waals surface area contributed by atoms with Gasteiger partial charge in [-0.25, -0.2) is 4.79 Å². The Bertz CT molecular complexity index is 971. The van der Waals surface area contributed by atoms with Crippen molar-refractivity contribution >= 4 is 24.7 Å². The van der Waals surface area contributed by atoms with Gasteiger partial charge >= 0.3 is 14.3 Å². The van der Waals surface area contributed by atoms with Gasteiger partial charge in [-0.1, -0.05) is 81.4 Å². The quantitative estimate of drug-likeness (QED) is 0.442. The highest BCUT2D eigenvalue weighted by atomic mass is 28.4. The molecule has 29 heavy (non-hydrogen) atoms. The third kappa shape index (κ3) is 3.71. The lowest BCUT2D eigenvalue weighted by Crippen LogP contribution is -2.68. The molecule has 0 fully saturated rings. The molecule has 5 nitrogen and oxygen atoms in total. The fourth-order valence-electron chi connectivity index (χ4n) is 3.61. The van der Waals surface area contributed by atoms with Crippen LogP contribution in [0.4, 0.5) is 0 Å². The molecule has 0 amide bonds. The monoisotopic (exact) mass is 408 g/mol. The average Bonchev–Trinajstić information content (AvgIpc) is 2.69. The van der Waals surface area contributed by atoms with Crippen LogP contribution in [0.3, 0.4) is 0 Å². The Kier molecular flexibility index (Phi) is 5.39. The average molecular weight is 409 g/mol. The summed E-state index contributed by atoms with van der Waals surface area (Å²) in [5, 5.41) is 31.5. The number of phenols is 2. The van der Waals surface area contributed by atoms with Crippen molar-refractivity contribution in [1.29, 1.82) is 0 Å². The number of carboxylic acids is 1. The van der Waals surface area contributed by atoms with Crippen LogP contribution >= 0.6 is 0 Å². The molecule has 0 unspecified atom stereocenters. The van der Waals surface area contributed by atoms with E-state index in [-0.39, 0.29) is 16.4 Å². The molecule has 0 bridgehead atoms. The molecule has 0 spiro atoms. The van der Waals surface area contributed by atoms with Gasteiger partial charge in [0.2, 0.25) is 0 Å². The lowest BCUT2D eigenvalue weighted by molar-refractivity contribution is 0.0696. The zero-order valence-corrected chi connectivity index (χ0v) is 17.6. The molecular weight excluding hydrogens is 384 g/mol. The minimum atomic E-state index is -3.07. The summed E-state index contributed by atoms with van der Waals surface area (Å²) in [6, 6.07) is 21.8. The Morgan fingerprint density at radius 1 is 0.862 bits per heavy atom. The van der Waals surface area contributed by atoms with Crippen LogP contribution in [0.15, 0.2) is 72.8 Å². The molecule has 0 aliphatic carbocycles. The van der Waals surface area contributed by atoms with Crippen molar-refractivity contribution in [1.82, 2.24) is 0 Å². The van der Waals surface area contributed by atoms with E-state index in [0.29, 0.717) is 0 Å². The first-order chi connectivity index (χ1) is 13.7. The number of phenolic OH excluding ortho intramolecular Hbond substituents is 2. The molecule has 0 aromatic heterocycles. The maximum Gasteiger partial charge on any atom is 0.335 e. The first-order valence-corrected chi connectivity index (χ1v) is 11.2. The van der Waals surface area contributed by atoms with Crippen LogP contribution in [0, 0.1) is 0 Å². The summed E-state index contributed by atoms with van der Waals surface area (Å²) >= 11 is 0. The number of carbonyl (C=O) groups is 1. The number of rotatable bonds is 5. The topological polar surface area (TPSA) is 87.0 Å². The van der Waals surface area contributed by atoms with Gasteiger partial charge < -0.3 is 19.7 Å². The second-order valence-electron chi connectivity index (χ2n) is 7.91. The third-order valence-electron chi connectivity index (χ3n) is 4.98. The highest BCUT2D eigenvalue weighted by Crippen LogP contribution is 2.43. The highest BCUT2D eigenvalue weighted by molar-refractivity contribution is 7.00. The Balaban J connectivity index is 2.32. The van der Waals surface area contributed by atoms with Crippen molar-refractivity contribution in [3.8, 4) is 17.2 Å². The summed E-state index contributed by atoms with van der Waals surface area (Å²) in [6.07, 6.45) is 0. The van der Waals surface area contributed by atoms with E-state index < -0.39 is 25.8 Å². The number of carboxylic acid groups (broad SMARTS) is 1. The SMILES string of the molecule is CC(C)(C)[Si](Oc1cc(C(=O)O)cc(O)c1O)(c1ccccc1)c1ccccc1. The van der Waals surface area contributed by atoms with Crippen LogP contribution in [0.1, 0.15) is 31.1 Å². The van der Waals surface area contributed by atoms with Crippen LogP contribution in [-0.2, 0) is 0 Å². The van der Waals surface area contributed by atoms with Crippen molar-refractivity contribution in [3.63, 3.8) is 0 Å². The van der Waals surface area contributed by atoms with Crippen molar-refractivity contribution in [2.45, 2.75) is 25.8 Å². The normalized spacial score (nSPS) is 11.8. The summed E-state index contributed by atoms with van der Waals surface area (Å²) in [5.41, 5.74) is -0.159. The number of hydrogen-bond acceptors (Lipinski definition) is 4. The van der Waals surface area contributed by atoms with Crippen LogP contribution in [0.5, 0.6) is 17.2 Å². The van der Waals surface area contributed by atoms with E-state index >= 15 is 0 Å². The van der Waals surface area contributed by atoms with Crippen molar-refractivity contribution in [2.75, 3.05) is 0 Å². The van der Waals surface area contributed by atoms with Gasteiger partial charge in [0.1, 0.15) is 0 Å². The van der Waals surface area contributed by atoms with Gasteiger partial charge in [0.15, 0.2) is 17.2 Å². The molecular formula is C23H24O5Si. The van der Waals surface area contributed by atoms with Gasteiger partial charge in [-0.2, -0.15) is 0 Å². The second-order valence-corrected chi connectivity index (χ2v) is 12.1. The van der Waals surface area contributed by atoms with Crippen LogP contribution in [0.2, 0.25) is 5.04 Å². The molecule has 3 aromatic rings. The molecule has 3 rings (SSSR count). The maximum atomic E-state index is 11.5. The first-order valence-electron chi connectivity index (χ1n) is 9.26. The number of aromatic carboxylic acids is 1. The van der Waals surface area contributed by atoms with Crippen LogP contribution in [0.25, 0.3) is 0 Å². The van der Waals surface area contributed by atoms with E-state index in [4.69, 9.17) is 4.43 Å². The van der Waals surface area contributed by atoms with Gasteiger partial charge in [-0.05, 0) is 27.5 Å². The zero-order chi connectivity index (χ0) is 21.2. The zero-order valence-electron chi connectivity index (χ0n) is 16.6. The summed E-state index contributed by atoms with van der Waals surface area (Å²) < 4.78 is 6.61. The smallest absolute Gasteiger partial charge is 0.335 e. The Morgan fingerprint density at radius 2 is 1.34 bits per heavy atom. The molecule has 0 atom stereocenters. The maximum absolute atomic E-state index is 11.5. The summed E-state index contributed by atoms with van der Waals surface area (Å²) in [4.78, 5) is 11.5. The van der Waals surface area contributed by atoms with E-state index in [2.05, 4.69) is 20.8 Å². The van der Waals surface area contributed by atoms with Crippen molar-refractivity contribution < 1.29 is 24.5 Å². The van der Waals surface area contributed by atoms with Crippen molar-refractivity contribution in [3.05, 3.63) is 78.4 Å². The van der Waals surface area contributed by atoms with E-state index in [1.165, 1.54) is 6.07 Å². The van der Waals surface area contributed by atoms with E-state index in [1.54, 1.807) is 0 Å². The molecule has 3 N–H and O–H groups in total. The van der Waals surface area contributed by atoms with E-state index in [9.17, 15) is 20.1 Å². The van der Waals surface area contributed by atoms with Crippen molar-refractivity contribution in [2.24, 2.45) is 0 Å². The minimum Gasteiger partial charge on any atom is -0.531 e. The van der Waals surface area contributed by atoms with E-state index in [1.807, 2.05) is 60.7 Å². The lowest BCUT2D eigenvalue weighted by Gasteiger charge is -2.43. The Morgan fingerprint density at radius 3 is 1.76 bits per heavy atom. The molecule has 6 heteroatoms. The number of aromatic hydroxyl groups is 2. The van der Waals surface area contributed by atoms with Gasteiger partial charge in [-0.15, -0.1) is 0 Å². The van der Waals surface area contributed by atoms with Gasteiger partial charge in [0.05, 0.1) is 5.56 Å². The molecule has 0 aliphatic rings. The predicted octanol–water partition coefficient (Wildman–Crippen LogP) is 3.73. The Labute approximate surface area is 171 Å².